The van der Waals surface area contributed by atoms with Crippen LogP contribution in [0.5, 0.6) is 5.75 Å². The summed E-state index contributed by atoms with van der Waals surface area (Å²) in [4.78, 5) is 12.3. The molecule has 1 amide bonds. The Morgan fingerprint density at radius 2 is 1.74 bits per heavy atom. The summed E-state index contributed by atoms with van der Waals surface area (Å²) in [5.74, 6) is -0.149. The summed E-state index contributed by atoms with van der Waals surface area (Å²) in [7, 11) is -3.72. The summed E-state index contributed by atoms with van der Waals surface area (Å²) >= 11 is 0. The minimum atomic E-state index is -3.72. The molecule has 0 fully saturated rings. The fraction of sp³-hybridized carbons (Fsp3) is 0.130. The second-order valence-electron chi connectivity index (χ2n) is 7.19. The number of sulfonamides is 1. The van der Waals surface area contributed by atoms with Crippen molar-refractivity contribution in [3.63, 3.8) is 0 Å². The van der Waals surface area contributed by atoms with Crippen LogP contribution < -0.4 is 4.72 Å². The SMILES string of the molecule is CC(=O)N1N=C(c2cccc(NS(=O)(=O)c3ccccc3)c2)C[C@@H]1c1ccccc1O. The summed E-state index contributed by atoms with van der Waals surface area (Å²) < 4.78 is 27.8. The van der Waals surface area contributed by atoms with Crippen molar-refractivity contribution in [2.24, 2.45) is 5.10 Å². The maximum atomic E-state index is 12.6. The largest absolute Gasteiger partial charge is 0.508 e. The number of carbonyl (C=O) groups is 1. The summed E-state index contributed by atoms with van der Waals surface area (Å²) in [5.41, 5.74) is 2.32. The van der Waals surface area contributed by atoms with Gasteiger partial charge in [-0.15, -0.1) is 0 Å². The standard InChI is InChI=1S/C23H21N3O4S/c1-16(27)26-22(20-12-5-6-13-23(20)28)15-21(24-26)17-8-7-9-18(14-17)25-31(29,30)19-10-3-2-4-11-19/h2-14,22,25,28H,15H2,1H3/t22-/m1/s1. The van der Waals surface area contributed by atoms with Gasteiger partial charge in [0.15, 0.2) is 0 Å². The second kappa shape index (κ2) is 8.23. The monoisotopic (exact) mass is 435 g/mol. The molecule has 1 atom stereocenters. The van der Waals surface area contributed by atoms with E-state index in [0.717, 1.165) is 0 Å². The van der Waals surface area contributed by atoms with Gasteiger partial charge in [0, 0.05) is 24.6 Å². The van der Waals surface area contributed by atoms with Crippen LogP contribution in [0.25, 0.3) is 0 Å². The number of nitrogens with one attached hydrogen (secondary N) is 1. The number of rotatable bonds is 5. The summed E-state index contributed by atoms with van der Waals surface area (Å²) in [6.45, 7) is 1.42. The number of phenolic OH excluding ortho intramolecular Hbond substituents is 1. The molecule has 0 saturated carbocycles. The molecule has 0 radical (unpaired) electrons. The lowest BCUT2D eigenvalue weighted by Crippen LogP contribution is -2.24. The van der Waals surface area contributed by atoms with E-state index < -0.39 is 16.1 Å². The lowest BCUT2D eigenvalue weighted by molar-refractivity contribution is -0.130. The minimum absolute atomic E-state index is 0.0968. The van der Waals surface area contributed by atoms with Crippen molar-refractivity contribution < 1.29 is 18.3 Å². The van der Waals surface area contributed by atoms with Crippen LogP contribution in [0.1, 0.15) is 30.5 Å². The smallest absolute Gasteiger partial charge is 0.261 e. The first kappa shape index (κ1) is 20.6. The number of aromatic hydroxyl groups is 1. The quantitative estimate of drug-likeness (QED) is 0.635. The predicted octanol–water partition coefficient (Wildman–Crippen LogP) is 3.89. The molecule has 0 spiro atoms. The second-order valence-corrected chi connectivity index (χ2v) is 8.87. The van der Waals surface area contributed by atoms with Crippen molar-refractivity contribution in [2.75, 3.05) is 4.72 Å². The highest BCUT2D eigenvalue weighted by Gasteiger charge is 2.33. The Kier molecular flexibility index (Phi) is 5.48. The first-order chi connectivity index (χ1) is 14.8. The third kappa shape index (κ3) is 4.29. The van der Waals surface area contributed by atoms with Gasteiger partial charge in [-0.05, 0) is 35.9 Å². The first-order valence-corrected chi connectivity index (χ1v) is 11.2. The van der Waals surface area contributed by atoms with Gasteiger partial charge in [-0.2, -0.15) is 5.10 Å². The molecule has 3 aromatic rings. The number of para-hydroxylation sites is 1. The van der Waals surface area contributed by atoms with Crippen LogP contribution in [0.2, 0.25) is 0 Å². The molecule has 3 aromatic carbocycles. The molecular formula is C23H21N3O4S. The number of benzene rings is 3. The van der Waals surface area contributed by atoms with Crippen LogP contribution in [0, 0.1) is 0 Å². The number of carbonyl (C=O) groups excluding carboxylic acids is 1. The molecule has 0 saturated heterocycles. The van der Waals surface area contributed by atoms with E-state index >= 15 is 0 Å². The van der Waals surface area contributed by atoms with E-state index in [1.807, 2.05) is 6.07 Å². The van der Waals surface area contributed by atoms with Crippen molar-refractivity contribution >= 4 is 27.3 Å². The summed E-state index contributed by atoms with van der Waals surface area (Å²) in [6.07, 6.45) is 0.395. The Balaban J connectivity index is 1.62. The van der Waals surface area contributed by atoms with E-state index in [9.17, 15) is 18.3 Å². The van der Waals surface area contributed by atoms with Crippen molar-refractivity contribution in [2.45, 2.75) is 24.3 Å². The van der Waals surface area contributed by atoms with Gasteiger partial charge in [-0.1, -0.05) is 48.5 Å². The average Bonchev–Trinajstić information content (AvgIpc) is 3.20. The van der Waals surface area contributed by atoms with Crippen molar-refractivity contribution in [3.8, 4) is 5.75 Å². The Morgan fingerprint density at radius 3 is 2.45 bits per heavy atom. The lowest BCUT2D eigenvalue weighted by Gasteiger charge is -2.21. The maximum Gasteiger partial charge on any atom is 0.261 e. The molecule has 0 unspecified atom stereocenters. The highest BCUT2D eigenvalue weighted by Crippen LogP contribution is 2.37. The molecule has 7 nitrogen and oxygen atoms in total. The van der Waals surface area contributed by atoms with Gasteiger partial charge in [0.2, 0.25) is 5.91 Å². The molecule has 1 aliphatic heterocycles. The molecule has 0 aliphatic carbocycles. The van der Waals surface area contributed by atoms with Gasteiger partial charge >= 0.3 is 0 Å². The molecule has 1 heterocycles. The lowest BCUT2D eigenvalue weighted by atomic mass is 9.97. The van der Waals surface area contributed by atoms with Crippen LogP contribution in [0.4, 0.5) is 5.69 Å². The molecular weight excluding hydrogens is 414 g/mol. The molecule has 31 heavy (non-hydrogen) atoms. The number of hydrogen-bond donors (Lipinski definition) is 2. The Bertz CT molecular complexity index is 1260. The zero-order valence-corrected chi connectivity index (χ0v) is 17.6. The Labute approximate surface area is 180 Å². The van der Waals surface area contributed by atoms with Crippen molar-refractivity contribution in [3.05, 3.63) is 90.0 Å². The minimum Gasteiger partial charge on any atom is -0.508 e. The maximum absolute atomic E-state index is 12.6. The molecule has 4 rings (SSSR count). The van der Waals surface area contributed by atoms with E-state index in [0.29, 0.717) is 28.9 Å². The van der Waals surface area contributed by atoms with Gasteiger partial charge in [0.1, 0.15) is 5.75 Å². The average molecular weight is 436 g/mol. The third-order valence-corrected chi connectivity index (χ3v) is 6.43. The van der Waals surface area contributed by atoms with Crippen LogP contribution in [0.15, 0.2) is 88.9 Å². The fourth-order valence-corrected chi connectivity index (χ4v) is 4.63. The van der Waals surface area contributed by atoms with Crippen LogP contribution in [-0.4, -0.2) is 30.2 Å². The van der Waals surface area contributed by atoms with Gasteiger partial charge in [-0.25, -0.2) is 13.4 Å². The van der Waals surface area contributed by atoms with Gasteiger partial charge in [0.05, 0.1) is 16.6 Å². The van der Waals surface area contributed by atoms with E-state index in [1.54, 1.807) is 60.7 Å². The fourth-order valence-electron chi connectivity index (χ4n) is 3.56. The van der Waals surface area contributed by atoms with Gasteiger partial charge < -0.3 is 5.11 Å². The summed E-state index contributed by atoms with van der Waals surface area (Å²) in [5, 5.41) is 16.1. The van der Waals surface area contributed by atoms with Gasteiger partial charge in [0.25, 0.3) is 10.0 Å². The van der Waals surface area contributed by atoms with E-state index in [-0.39, 0.29) is 16.6 Å². The third-order valence-electron chi connectivity index (χ3n) is 5.03. The molecule has 2 N–H and O–H groups in total. The Morgan fingerprint density at radius 1 is 1.03 bits per heavy atom. The van der Waals surface area contributed by atoms with E-state index in [2.05, 4.69) is 9.82 Å². The van der Waals surface area contributed by atoms with Gasteiger partial charge in [-0.3, -0.25) is 9.52 Å². The highest BCUT2D eigenvalue weighted by molar-refractivity contribution is 7.92. The topological polar surface area (TPSA) is 99.1 Å². The predicted molar refractivity (Wildman–Crippen MR) is 118 cm³/mol. The number of anilines is 1. The molecule has 1 aliphatic rings. The van der Waals surface area contributed by atoms with Crippen molar-refractivity contribution in [1.82, 2.24) is 5.01 Å². The van der Waals surface area contributed by atoms with E-state index in [4.69, 9.17) is 0 Å². The van der Waals surface area contributed by atoms with Crippen molar-refractivity contribution in [1.29, 1.82) is 0 Å². The first-order valence-electron chi connectivity index (χ1n) is 9.68. The molecule has 158 valence electrons. The van der Waals surface area contributed by atoms with E-state index in [1.165, 1.54) is 24.1 Å². The van der Waals surface area contributed by atoms with Crippen LogP contribution in [-0.2, 0) is 14.8 Å². The number of hydrazone groups is 1. The number of nitrogens with zero attached hydrogens (tertiary/aromatic N) is 2. The number of phenols is 1. The zero-order chi connectivity index (χ0) is 22.0. The normalized spacial score (nSPS) is 16.1. The number of hydrogen-bond acceptors (Lipinski definition) is 5. The Hall–Kier alpha value is -3.65. The number of amides is 1. The summed E-state index contributed by atoms with van der Waals surface area (Å²) in [6, 6.07) is 21.4. The van der Waals surface area contributed by atoms with Crippen LogP contribution in [0.3, 0.4) is 0 Å². The molecule has 0 bridgehead atoms. The molecule has 0 aromatic heterocycles. The zero-order valence-electron chi connectivity index (χ0n) is 16.8. The molecule has 8 heteroatoms. The van der Waals surface area contributed by atoms with Crippen LogP contribution >= 0.6 is 0 Å². The highest BCUT2D eigenvalue weighted by atomic mass is 32.2.